The molecule has 0 aromatic heterocycles. The molecule has 4 rings (SSSR count). The second kappa shape index (κ2) is 9.20. The van der Waals surface area contributed by atoms with Crippen molar-refractivity contribution in [1.29, 1.82) is 0 Å². The summed E-state index contributed by atoms with van der Waals surface area (Å²) in [5.74, 6) is 2.47. The predicted molar refractivity (Wildman–Crippen MR) is 117 cm³/mol. The number of fused-ring (bicyclic) bond motifs is 1. The van der Waals surface area contributed by atoms with E-state index in [1.807, 2.05) is 50.3 Å². The molecule has 4 atom stereocenters. The van der Waals surface area contributed by atoms with Gasteiger partial charge in [-0.05, 0) is 55.3 Å². The molecule has 0 aliphatic carbocycles. The summed E-state index contributed by atoms with van der Waals surface area (Å²) in [7, 11) is 3.20. The summed E-state index contributed by atoms with van der Waals surface area (Å²) in [6.45, 7) is 5.83. The van der Waals surface area contributed by atoms with E-state index in [1.165, 1.54) is 5.57 Å². The zero-order valence-corrected chi connectivity index (χ0v) is 18.5. The van der Waals surface area contributed by atoms with Crippen LogP contribution in [0.2, 0.25) is 0 Å². The molecule has 0 amide bonds. The summed E-state index contributed by atoms with van der Waals surface area (Å²) >= 11 is 0. The standard InChI is InChI=1S/C25H30O6/c1-15(2)9-10-29-21-8-6-17(12-23(21)28-4)25-19-14-30-24(18(19)13-31-25)16-5-7-20(26)22(11-16)27-3/h5-9,11-12,18-19,24-26H,10,13-14H2,1-4H3/t18-,19+,24-,25+/m1/s1. The van der Waals surface area contributed by atoms with E-state index in [2.05, 4.69) is 0 Å². The number of hydrogen-bond acceptors (Lipinski definition) is 6. The molecule has 0 bridgehead atoms. The highest BCUT2D eigenvalue weighted by molar-refractivity contribution is 5.45. The van der Waals surface area contributed by atoms with Crippen LogP contribution in [0.25, 0.3) is 0 Å². The Bertz CT molecular complexity index is 949. The number of phenols is 1. The van der Waals surface area contributed by atoms with Crippen molar-refractivity contribution in [3.8, 4) is 23.0 Å². The Kier molecular flexibility index (Phi) is 6.39. The Morgan fingerprint density at radius 2 is 1.48 bits per heavy atom. The number of aromatic hydroxyl groups is 1. The number of allylic oxidation sites excluding steroid dienone is 1. The predicted octanol–water partition coefficient (Wildman–Crippen LogP) is 4.83. The highest BCUT2D eigenvalue weighted by atomic mass is 16.5. The van der Waals surface area contributed by atoms with Gasteiger partial charge in [0.1, 0.15) is 6.61 Å². The summed E-state index contributed by atoms with van der Waals surface area (Å²) < 4.78 is 29.1. The first-order valence-corrected chi connectivity index (χ1v) is 10.6. The number of benzene rings is 2. The maximum Gasteiger partial charge on any atom is 0.161 e. The van der Waals surface area contributed by atoms with E-state index in [4.69, 9.17) is 23.7 Å². The van der Waals surface area contributed by atoms with Crippen LogP contribution in [0.3, 0.4) is 0 Å². The first-order chi connectivity index (χ1) is 15.0. The molecule has 2 aliphatic heterocycles. The molecule has 31 heavy (non-hydrogen) atoms. The second-order valence-corrected chi connectivity index (χ2v) is 8.27. The first kappa shape index (κ1) is 21.5. The summed E-state index contributed by atoms with van der Waals surface area (Å²) in [4.78, 5) is 0. The van der Waals surface area contributed by atoms with Crippen molar-refractivity contribution in [2.75, 3.05) is 34.0 Å². The molecule has 0 radical (unpaired) electrons. The van der Waals surface area contributed by atoms with Gasteiger partial charge in [-0.25, -0.2) is 0 Å². The fourth-order valence-corrected chi connectivity index (χ4v) is 4.38. The fourth-order valence-electron chi connectivity index (χ4n) is 4.38. The van der Waals surface area contributed by atoms with E-state index in [0.29, 0.717) is 31.3 Å². The maximum atomic E-state index is 9.89. The van der Waals surface area contributed by atoms with Gasteiger partial charge < -0.3 is 28.8 Å². The van der Waals surface area contributed by atoms with E-state index in [1.54, 1.807) is 20.3 Å². The third kappa shape index (κ3) is 4.36. The summed E-state index contributed by atoms with van der Waals surface area (Å²) in [6, 6.07) is 11.4. The molecule has 6 heteroatoms. The van der Waals surface area contributed by atoms with Crippen LogP contribution in [0.15, 0.2) is 48.0 Å². The molecule has 0 spiro atoms. The lowest BCUT2D eigenvalue weighted by Gasteiger charge is -2.19. The lowest BCUT2D eigenvalue weighted by molar-refractivity contribution is 0.0191. The van der Waals surface area contributed by atoms with Crippen molar-refractivity contribution in [2.45, 2.75) is 26.1 Å². The Hall–Kier alpha value is -2.70. The van der Waals surface area contributed by atoms with Crippen LogP contribution in [0, 0.1) is 11.8 Å². The molecular formula is C25H30O6. The minimum absolute atomic E-state index is 0.0604. The van der Waals surface area contributed by atoms with Crippen LogP contribution >= 0.6 is 0 Å². The van der Waals surface area contributed by atoms with Crippen LogP contribution in [-0.2, 0) is 9.47 Å². The molecule has 2 heterocycles. The highest BCUT2D eigenvalue weighted by Crippen LogP contribution is 2.51. The molecule has 166 valence electrons. The van der Waals surface area contributed by atoms with Crippen LogP contribution in [0.4, 0.5) is 0 Å². The summed E-state index contributed by atoms with van der Waals surface area (Å²) in [5, 5.41) is 9.89. The van der Waals surface area contributed by atoms with Crippen molar-refractivity contribution in [3.05, 3.63) is 59.2 Å². The normalized spacial score (nSPS) is 24.5. The van der Waals surface area contributed by atoms with Crippen LogP contribution < -0.4 is 14.2 Å². The molecule has 2 aliphatic rings. The topological polar surface area (TPSA) is 66.4 Å². The van der Waals surface area contributed by atoms with Gasteiger partial charge in [0.25, 0.3) is 0 Å². The summed E-state index contributed by atoms with van der Waals surface area (Å²) in [5.41, 5.74) is 3.27. The van der Waals surface area contributed by atoms with E-state index in [-0.39, 0.29) is 29.8 Å². The minimum atomic E-state index is -0.0851. The molecule has 0 unspecified atom stereocenters. The third-order valence-corrected chi connectivity index (χ3v) is 6.04. The quantitative estimate of drug-likeness (QED) is 0.640. The van der Waals surface area contributed by atoms with Gasteiger partial charge in [0.05, 0.1) is 39.6 Å². The average Bonchev–Trinajstić information content (AvgIpc) is 3.36. The number of rotatable bonds is 7. The van der Waals surface area contributed by atoms with E-state index < -0.39 is 0 Å². The monoisotopic (exact) mass is 426 g/mol. The zero-order valence-electron chi connectivity index (χ0n) is 18.5. The second-order valence-electron chi connectivity index (χ2n) is 8.27. The Morgan fingerprint density at radius 1 is 0.903 bits per heavy atom. The SMILES string of the molecule is COc1cc([C@H]2OC[C@H]3[C@H]2CO[C@H]3c2ccc(OCC=C(C)C)c(OC)c2)ccc1O. The van der Waals surface area contributed by atoms with Gasteiger partial charge >= 0.3 is 0 Å². The van der Waals surface area contributed by atoms with Crippen molar-refractivity contribution >= 4 is 0 Å². The Morgan fingerprint density at radius 3 is 2.06 bits per heavy atom. The molecule has 0 saturated carbocycles. The minimum Gasteiger partial charge on any atom is -0.504 e. The van der Waals surface area contributed by atoms with Gasteiger partial charge in [-0.15, -0.1) is 0 Å². The number of phenolic OH excluding ortho intramolecular Hbond substituents is 1. The molecule has 1 N–H and O–H groups in total. The van der Waals surface area contributed by atoms with Gasteiger partial charge in [0.2, 0.25) is 0 Å². The first-order valence-electron chi connectivity index (χ1n) is 10.6. The number of ether oxygens (including phenoxy) is 5. The lowest BCUT2D eigenvalue weighted by Crippen LogP contribution is -2.14. The molecule has 6 nitrogen and oxygen atoms in total. The van der Waals surface area contributed by atoms with Gasteiger partial charge in [-0.2, -0.15) is 0 Å². The molecule has 2 saturated heterocycles. The lowest BCUT2D eigenvalue weighted by atomic mass is 9.85. The van der Waals surface area contributed by atoms with Crippen LogP contribution in [0.1, 0.15) is 37.2 Å². The zero-order chi connectivity index (χ0) is 22.0. The maximum absolute atomic E-state index is 9.89. The Labute approximate surface area is 183 Å². The highest BCUT2D eigenvalue weighted by Gasteiger charge is 2.48. The van der Waals surface area contributed by atoms with Gasteiger partial charge in [0.15, 0.2) is 23.0 Å². The fraction of sp³-hybridized carbons (Fsp3) is 0.440. The van der Waals surface area contributed by atoms with Crippen molar-refractivity contribution < 1.29 is 28.8 Å². The molecule has 2 fully saturated rings. The van der Waals surface area contributed by atoms with Gasteiger partial charge in [-0.1, -0.05) is 17.7 Å². The summed E-state index contributed by atoms with van der Waals surface area (Å²) in [6.07, 6.45) is 1.89. The van der Waals surface area contributed by atoms with Gasteiger partial charge in [-0.3, -0.25) is 0 Å². The number of hydrogen-bond donors (Lipinski definition) is 1. The van der Waals surface area contributed by atoms with E-state index >= 15 is 0 Å². The Balaban J connectivity index is 1.51. The van der Waals surface area contributed by atoms with Gasteiger partial charge in [0, 0.05) is 11.8 Å². The average molecular weight is 427 g/mol. The van der Waals surface area contributed by atoms with Crippen molar-refractivity contribution in [3.63, 3.8) is 0 Å². The molecular weight excluding hydrogens is 396 g/mol. The molecule has 2 aromatic carbocycles. The number of methoxy groups -OCH3 is 2. The smallest absolute Gasteiger partial charge is 0.161 e. The van der Waals surface area contributed by atoms with E-state index in [0.717, 1.165) is 16.9 Å². The van der Waals surface area contributed by atoms with Crippen LogP contribution in [0.5, 0.6) is 23.0 Å². The van der Waals surface area contributed by atoms with E-state index in [9.17, 15) is 5.11 Å². The third-order valence-electron chi connectivity index (χ3n) is 6.04. The molecule has 2 aromatic rings. The van der Waals surface area contributed by atoms with Crippen LogP contribution in [-0.4, -0.2) is 39.1 Å². The largest absolute Gasteiger partial charge is 0.504 e. The van der Waals surface area contributed by atoms with Crippen molar-refractivity contribution in [2.24, 2.45) is 11.8 Å². The van der Waals surface area contributed by atoms with Crippen molar-refractivity contribution in [1.82, 2.24) is 0 Å².